The van der Waals surface area contributed by atoms with Crippen LogP contribution in [0.1, 0.15) is 63.7 Å². The fourth-order valence-corrected chi connectivity index (χ4v) is 4.01. The van der Waals surface area contributed by atoms with Gasteiger partial charge >= 0.3 is 5.97 Å². The number of nitrogens with one attached hydrogen (secondary N) is 1. The van der Waals surface area contributed by atoms with Crippen molar-refractivity contribution < 1.29 is 19.2 Å². The van der Waals surface area contributed by atoms with Crippen molar-refractivity contribution in [3.63, 3.8) is 0 Å². The van der Waals surface area contributed by atoms with Gasteiger partial charge in [0.05, 0.1) is 12.0 Å². The van der Waals surface area contributed by atoms with Gasteiger partial charge in [-0.05, 0) is 65.5 Å². The molecule has 1 amide bonds. The van der Waals surface area contributed by atoms with Crippen LogP contribution in [0.3, 0.4) is 0 Å². The number of allylic oxidation sites excluding steroid dienone is 5. The minimum atomic E-state index is -0.808. The third kappa shape index (κ3) is 11.8. The highest BCUT2D eigenvalue weighted by Gasteiger charge is 2.22. The zero-order chi connectivity index (χ0) is 25.5. The van der Waals surface area contributed by atoms with E-state index >= 15 is 0 Å². The maximum atomic E-state index is 12.5. The standard InChI is InChI=1S/C26H36N2O5S/c1-19(2)8-6-9-20(3)10-7-11-21(4)16-17-34-18-24(26(30)33-5)27-25(29)22-12-14-23(15-13-22)28(31)32/h8,10,12-16,24H,6-7,9,11,17-18H2,1-5H3,(H,27,29)/b20-10+,21-16+. The van der Waals surface area contributed by atoms with Crippen molar-refractivity contribution >= 4 is 29.3 Å². The van der Waals surface area contributed by atoms with Crippen LogP contribution in [0.2, 0.25) is 0 Å². The second kappa shape index (κ2) is 15.9. The largest absolute Gasteiger partial charge is 0.467 e. The van der Waals surface area contributed by atoms with Crippen LogP contribution in [0.4, 0.5) is 5.69 Å². The second-order valence-electron chi connectivity index (χ2n) is 8.35. The Kier molecular flexibility index (Phi) is 13.6. The van der Waals surface area contributed by atoms with Crippen LogP contribution in [0.25, 0.3) is 0 Å². The van der Waals surface area contributed by atoms with Gasteiger partial charge in [-0.25, -0.2) is 4.79 Å². The maximum Gasteiger partial charge on any atom is 0.329 e. The van der Waals surface area contributed by atoms with Gasteiger partial charge in [0.25, 0.3) is 11.6 Å². The van der Waals surface area contributed by atoms with Gasteiger partial charge < -0.3 is 10.1 Å². The third-order valence-electron chi connectivity index (χ3n) is 5.09. The number of benzene rings is 1. The van der Waals surface area contributed by atoms with Crippen molar-refractivity contribution in [3.8, 4) is 0 Å². The summed E-state index contributed by atoms with van der Waals surface area (Å²) in [6, 6.07) is 4.42. The van der Waals surface area contributed by atoms with Crippen molar-refractivity contribution in [2.24, 2.45) is 0 Å². The lowest BCUT2D eigenvalue weighted by molar-refractivity contribution is -0.384. The number of thioether (sulfide) groups is 1. The highest BCUT2D eigenvalue weighted by molar-refractivity contribution is 7.99. The maximum absolute atomic E-state index is 12.5. The molecule has 0 spiro atoms. The molecule has 1 aromatic rings. The summed E-state index contributed by atoms with van der Waals surface area (Å²) in [6.45, 7) is 8.50. The Labute approximate surface area is 206 Å². The molecule has 8 heteroatoms. The molecule has 7 nitrogen and oxygen atoms in total. The van der Waals surface area contributed by atoms with Crippen molar-refractivity contribution in [2.45, 2.75) is 59.4 Å². The average Bonchev–Trinajstić information content (AvgIpc) is 2.80. The van der Waals surface area contributed by atoms with Gasteiger partial charge in [-0.2, -0.15) is 11.8 Å². The normalized spacial score (nSPS) is 12.6. The van der Waals surface area contributed by atoms with Gasteiger partial charge in [0.2, 0.25) is 0 Å². The fraction of sp³-hybridized carbons (Fsp3) is 0.462. The first-order valence-electron chi connectivity index (χ1n) is 11.3. The Morgan fingerprint density at radius 2 is 1.62 bits per heavy atom. The van der Waals surface area contributed by atoms with E-state index in [0.29, 0.717) is 5.75 Å². The van der Waals surface area contributed by atoms with Crippen molar-refractivity contribution in [3.05, 3.63) is 74.9 Å². The molecule has 0 aliphatic heterocycles. The van der Waals surface area contributed by atoms with Crippen molar-refractivity contribution in [1.82, 2.24) is 5.32 Å². The summed E-state index contributed by atoms with van der Waals surface area (Å²) in [6.07, 6.45) is 10.9. The molecule has 0 aliphatic rings. The summed E-state index contributed by atoms with van der Waals surface area (Å²) >= 11 is 1.53. The predicted molar refractivity (Wildman–Crippen MR) is 139 cm³/mol. The molecular weight excluding hydrogens is 452 g/mol. The van der Waals surface area contributed by atoms with E-state index in [1.807, 2.05) is 0 Å². The molecule has 0 aromatic heterocycles. The van der Waals surface area contributed by atoms with Crippen LogP contribution in [0, 0.1) is 10.1 Å². The van der Waals surface area contributed by atoms with E-state index in [1.54, 1.807) is 0 Å². The SMILES string of the molecule is COC(=O)C(CSC/C=C(\C)CC/C=C(\C)CCC=C(C)C)NC(=O)c1ccc([N+](=O)[O-])cc1. The van der Waals surface area contributed by atoms with Gasteiger partial charge in [0, 0.05) is 29.2 Å². The topological polar surface area (TPSA) is 98.5 Å². The Morgan fingerprint density at radius 3 is 2.18 bits per heavy atom. The first-order valence-corrected chi connectivity index (χ1v) is 12.4. The number of methoxy groups -OCH3 is 1. The summed E-state index contributed by atoms with van der Waals surface area (Å²) < 4.78 is 4.81. The number of carbonyl (C=O) groups excluding carboxylic acids is 2. The molecule has 0 radical (unpaired) electrons. The number of nitro groups is 1. The monoisotopic (exact) mass is 488 g/mol. The first-order chi connectivity index (χ1) is 16.1. The number of hydrogen-bond acceptors (Lipinski definition) is 6. The smallest absolute Gasteiger partial charge is 0.329 e. The molecule has 0 fully saturated rings. The molecule has 1 N–H and O–H groups in total. The van der Waals surface area contributed by atoms with Gasteiger partial charge in [0.15, 0.2) is 0 Å². The second-order valence-corrected chi connectivity index (χ2v) is 9.43. The average molecular weight is 489 g/mol. The lowest BCUT2D eigenvalue weighted by atomic mass is 10.1. The fourth-order valence-electron chi connectivity index (χ4n) is 3.01. The molecule has 1 atom stereocenters. The molecule has 0 bridgehead atoms. The van der Waals surface area contributed by atoms with Gasteiger partial charge in [-0.1, -0.05) is 34.9 Å². The van der Waals surface area contributed by atoms with Crippen LogP contribution in [0.5, 0.6) is 0 Å². The zero-order valence-electron chi connectivity index (χ0n) is 20.8. The van der Waals surface area contributed by atoms with Crippen molar-refractivity contribution in [2.75, 3.05) is 18.6 Å². The molecule has 0 saturated heterocycles. The number of non-ortho nitro benzene ring substituents is 1. The van der Waals surface area contributed by atoms with E-state index in [-0.39, 0.29) is 11.3 Å². The molecule has 34 heavy (non-hydrogen) atoms. The van der Waals surface area contributed by atoms with Crippen LogP contribution in [-0.4, -0.2) is 41.5 Å². The minimum Gasteiger partial charge on any atom is -0.467 e. The summed E-state index contributed by atoms with van der Waals surface area (Å²) in [5.74, 6) is 0.0655. The molecule has 1 rings (SSSR count). The van der Waals surface area contributed by atoms with E-state index in [2.05, 4.69) is 51.2 Å². The molecule has 0 aliphatic carbocycles. The molecule has 1 unspecified atom stereocenters. The number of ether oxygens (including phenoxy) is 1. The minimum absolute atomic E-state index is 0.104. The molecule has 1 aromatic carbocycles. The van der Waals surface area contributed by atoms with E-state index in [1.165, 1.54) is 59.9 Å². The van der Waals surface area contributed by atoms with E-state index < -0.39 is 22.8 Å². The van der Waals surface area contributed by atoms with Gasteiger partial charge in [-0.3, -0.25) is 14.9 Å². The van der Waals surface area contributed by atoms with Crippen LogP contribution < -0.4 is 5.32 Å². The zero-order valence-corrected chi connectivity index (χ0v) is 21.6. The number of nitrogens with zero attached hydrogens (tertiary/aromatic N) is 1. The summed E-state index contributed by atoms with van der Waals surface area (Å²) in [5, 5.41) is 13.4. The number of hydrogen-bond donors (Lipinski definition) is 1. The van der Waals surface area contributed by atoms with Crippen molar-refractivity contribution in [1.29, 1.82) is 0 Å². The quantitative estimate of drug-likeness (QED) is 0.113. The molecule has 0 saturated carbocycles. The van der Waals surface area contributed by atoms with Crippen LogP contribution in [-0.2, 0) is 9.53 Å². The Hall–Kier alpha value is -2.87. The molecular formula is C26H36N2O5S. The number of nitro benzene ring substituents is 1. The molecule has 0 heterocycles. The van der Waals surface area contributed by atoms with Gasteiger partial charge in [0.1, 0.15) is 6.04 Å². The van der Waals surface area contributed by atoms with E-state index in [0.717, 1.165) is 31.4 Å². The first kappa shape index (κ1) is 29.2. The number of carbonyl (C=O) groups is 2. The van der Waals surface area contributed by atoms with Crippen LogP contribution >= 0.6 is 11.8 Å². The Morgan fingerprint density at radius 1 is 1.03 bits per heavy atom. The highest BCUT2D eigenvalue weighted by atomic mass is 32.2. The number of rotatable bonds is 14. The molecule has 186 valence electrons. The lowest BCUT2D eigenvalue weighted by Crippen LogP contribution is -2.43. The van der Waals surface area contributed by atoms with E-state index in [4.69, 9.17) is 4.74 Å². The third-order valence-corrected chi connectivity index (χ3v) is 6.06. The lowest BCUT2D eigenvalue weighted by Gasteiger charge is -2.16. The van der Waals surface area contributed by atoms with E-state index in [9.17, 15) is 19.7 Å². The van der Waals surface area contributed by atoms with Crippen LogP contribution in [0.15, 0.2) is 59.2 Å². The Balaban J connectivity index is 2.50. The number of esters is 1. The summed E-state index contributed by atoms with van der Waals surface area (Å²) in [7, 11) is 1.28. The Bertz CT molecular complexity index is 916. The van der Waals surface area contributed by atoms with Gasteiger partial charge in [-0.15, -0.1) is 0 Å². The predicted octanol–water partition coefficient (Wildman–Crippen LogP) is 6.02. The highest BCUT2D eigenvalue weighted by Crippen LogP contribution is 2.15. The summed E-state index contributed by atoms with van der Waals surface area (Å²) in [5.41, 5.74) is 4.18. The number of amides is 1. The summed E-state index contributed by atoms with van der Waals surface area (Å²) in [4.78, 5) is 34.8.